The van der Waals surface area contributed by atoms with E-state index in [2.05, 4.69) is 53.0 Å². The van der Waals surface area contributed by atoms with Crippen LogP contribution in [0.5, 0.6) is 11.5 Å². The van der Waals surface area contributed by atoms with Gasteiger partial charge in [0.1, 0.15) is 18.1 Å². The zero-order valence-corrected chi connectivity index (χ0v) is 27.8. The number of nitrogens with one attached hydrogen (secondary N) is 3. The molecule has 1 aliphatic rings. The van der Waals surface area contributed by atoms with Crippen molar-refractivity contribution in [3.05, 3.63) is 103 Å². The molecule has 3 N–H and O–H groups in total. The third-order valence-electron chi connectivity index (χ3n) is 6.08. The van der Waals surface area contributed by atoms with E-state index in [4.69, 9.17) is 38.0 Å². The molecule has 1 aliphatic heterocycles. The summed E-state index contributed by atoms with van der Waals surface area (Å²) in [5.41, 5.74) is 5.61. The lowest BCUT2D eigenvalue weighted by Crippen LogP contribution is -2.45. The molecule has 3 aromatic carbocycles. The van der Waals surface area contributed by atoms with Gasteiger partial charge in [0.2, 0.25) is 0 Å². The number of hydrazone groups is 1. The van der Waals surface area contributed by atoms with Gasteiger partial charge in [-0.05, 0) is 77.9 Å². The molecule has 4 rings (SSSR count). The largest absolute Gasteiger partial charge is 0.487 e. The first-order chi connectivity index (χ1) is 20.7. The van der Waals surface area contributed by atoms with E-state index in [0.717, 1.165) is 10.0 Å². The highest BCUT2D eigenvalue weighted by atomic mass is 79.9. The molecule has 3 aromatic rings. The van der Waals surface area contributed by atoms with Gasteiger partial charge in [-0.2, -0.15) is 5.10 Å². The predicted molar refractivity (Wildman–Crippen MR) is 176 cm³/mol. The van der Waals surface area contributed by atoms with Crippen LogP contribution < -0.4 is 25.5 Å². The molecule has 0 spiro atoms. The third kappa shape index (κ3) is 8.79. The topological polar surface area (TPSA) is 110 Å². The zero-order valence-electron chi connectivity index (χ0n) is 23.1. The number of nitrogens with zero attached hydrogens (tertiary/aromatic N) is 1. The van der Waals surface area contributed by atoms with Crippen LogP contribution in [0.1, 0.15) is 36.6 Å². The van der Waals surface area contributed by atoms with Crippen LogP contribution in [0.3, 0.4) is 0 Å². The number of allylic oxidation sites excluding steroid dienone is 1. The van der Waals surface area contributed by atoms with E-state index >= 15 is 0 Å². The molecule has 0 unspecified atom stereocenters. The van der Waals surface area contributed by atoms with Gasteiger partial charge in [-0.1, -0.05) is 57.9 Å². The Kier molecular flexibility index (Phi) is 11.6. The fourth-order valence-electron chi connectivity index (χ4n) is 4.17. The quantitative estimate of drug-likeness (QED) is 0.0904. The summed E-state index contributed by atoms with van der Waals surface area (Å²) in [4.78, 5) is 25.4. The Labute approximate surface area is 276 Å². The van der Waals surface area contributed by atoms with Crippen molar-refractivity contribution in [3.8, 4) is 11.5 Å². The van der Waals surface area contributed by atoms with Gasteiger partial charge in [0.25, 0.3) is 5.91 Å². The first-order valence-electron chi connectivity index (χ1n) is 13.0. The standard InChI is InChI=1S/C30H27Br2ClN4O5S/c1-3-40-29(39)26-17(2)35-30(43)36-27(26)22-6-4-5-7-24(22)41-16-25(38)37-34-14-19-12-20(31)13-23(32)28(19)42-15-18-8-10-21(33)11-9-18/h4-14,27H,3,15-16H2,1-2H3,(H,37,38)(H2,35,36,43)/t27-/m0/s1. The van der Waals surface area contributed by atoms with Crippen molar-refractivity contribution in [2.24, 2.45) is 5.10 Å². The number of carbonyl (C=O) groups is 2. The first kappa shape index (κ1) is 32.5. The third-order valence-corrected chi connectivity index (χ3v) is 7.60. The van der Waals surface area contributed by atoms with Gasteiger partial charge < -0.3 is 24.8 Å². The molecule has 1 atom stereocenters. The fraction of sp³-hybridized carbons (Fsp3) is 0.200. The molecular formula is C30H27Br2ClN4O5S. The Morgan fingerprint density at radius 3 is 2.60 bits per heavy atom. The molecule has 224 valence electrons. The summed E-state index contributed by atoms with van der Waals surface area (Å²) < 4.78 is 18.7. The maximum absolute atomic E-state index is 12.8. The second kappa shape index (κ2) is 15.3. The Bertz CT molecular complexity index is 1580. The van der Waals surface area contributed by atoms with Gasteiger partial charge in [-0.15, -0.1) is 0 Å². The molecule has 0 radical (unpaired) electrons. The summed E-state index contributed by atoms with van der Waals surface area (Å²) in [7, 11) is 0. The van der Waals surface area contributed by atoms with Crippen molar-refractivity contribution in [2.45, 2.75) is 26.5 Å². The van der Waals surface area contributed by atoms with E-state index in [1.165, 1.54) is 6.21 Å². The second-order valence-electron chi connectivity index (χ2n) is 9.13. The average Bonchev–Trinajstić information content (AvgIpc) is 2.96. The minimum atomic E-state index is -0.633. The second-order valence-corrected chi connectivity index (χ2v) is 11.7. The molecule has 9 nitrogen and oxygen atoms in total. The Balaban J connectivity index is 1.43. The lowest BCUT2D eigenvalue weighted by atomic mass is 9.95. The van der Waals surface area contributed by atoms with Crippen LogP contribution in [0, 0.1) is 0 Å². The summed E-state index contributed by atoms with van der Waals surface area (Å²) in [5.74, 6) is -0.0262. The molecule has 43 heavy (non-hydrogen) atoms. The minimum absolute atomic E-state index is 0.221. The van der Waals surface area contributed by atoms with Gasteiger partial charge in [-0.25, -0.2) is 10.2 Å². The van der Waals surface area contributed by atoms with Crippen LogP contribution in [-0.2, 0) is 20.9 Å². The Morgan fingerprint density at radius 1 is 1.12 bits per heavy atom. The van der Waals surface area contributed by atoms with Crippen LogP contribution in [-0.4, -0.2) is 36.4 Å². The number of benzene rings is 3. The van der Waals surface area contributed by atoms with E-state index < -0.39 is 17.9 Å². The van der Waals surface area contributed by atoms with Crippen LogP contribution in [0.2, 0.25) is 5.02 Å². The summed E-state index contributed by atoms with van der Waals surface area (Å²) in [5, 5.41) is 11.2. The van der Waals surface area contributed by atoms with Crippen LogP contribution in [0.25, 0.3) is 0 Å². The molecule has 0 aromatic heterocycles. The van der Waals surface area contributed by atoms with Crippen molar-refractivity contribution in [2.75, 3.05) is 13.2 Å². The monoisotopic (exact) mass is 748 g/mol. The van der Waals surface area contributed by atoms with Crippen LogP contribution in [0.15, 0.2) is 86.0 Å². The van der Waals surface area contributed by atoms with Crippen molar-refractivity contribution >= 4 is 78.9 Å². The number of esters is 1. The van der Waals surface area contributed by atoms with Crippen molar-refractivity contribution in [1.82, 2.24) is 16.1 Å². The number of carbonyl (C=O) groups excluding carboxylic acids is 2. The molecule has 1 heterocycles. The van der Waals surface area contributed by atoms with Gasteiger partial charge in [0.05, 0.1) is 28.9 Å². The number of hydrogen-bond acceptors (Lipinski definition) is 7. The molecule has 0 saturated heterocycles. The minimum Gasteiger partial charge on any atom is -0.487 e. The number of halogens is 3. The van der Waals surface area contributed by atoms with E-state index in [-0.39, 0.29) is 13.2 Å². The molecule has 0 aliphatic carbocycles. The normalized spacial score (nSPS) is 14.6. The lowest BCUT2D eigenvalue weighted by Gasteiger charge is -2.30. The number of thiocarbonyl (C=S) groups is 1. The maximum Gasteiger partial charge on any atom is 0.338 e. The van der Waals surface area contributed by atoms with Gasteiger partial charge in [-0.3, -0.25) is 4.79 Å². The average molecular weight is 751 g/mol. The Morgan fingerprint density at radius 2 is 1.86 bits per heavy atom. The van der Waals surface area contributed by atoms with E-state index in [9.17, 15) is 9.59 Å². The lowest BCUT2D eigenvalue weighted by molar-refractivity contribution is -0.139. The molecular weight excluding hydrogens is 724 g/mol. The molecule has 0 saturated carbocycles. The van der Waals surface area contributed by atoms with E-state index in [0.29, 0.717) is 55.1 Å². The van der Waals surface area contributed by atoms with E-state index in [1.54, 1.807) is 50.2 Å². The fourth-order valence-corrected chi connectivity index (χ4v) is 5.94. The first-order valence-corrected chi connectivity index (χ1v) is 15.4. The Hall–Kier alpha value is -3.45. The van der Waals surface area contributed by atoms with Gasteiger partial charge >= 0.3 is 5.97 Å². The van der Waals surface area contributed by atoms with Crippen LogP contribution in [0.4, 0.5) is 0 Å². The molecule has 13 heteroatoms. The van der Waals surface area contributed by atoms with Crippen LogP contribution >= 0.6 is 55.7 Å². The van der Waals surface area contributed by atoms with Crippen molar-refractivity contribution in [1.29, 1.82) is 0 Å². The molecule has 1 amide bonds. The SMILES string of the molecule is CCOC(=O)C1=C(C)NC(=S)N[C@H]1c1ccccc1OCC(=O)NN=Cc1cc(Br)cc(Br)c1OCc1ccc(Cl)cc1. The summed E-state index contributed by atoms with van der Waals surface area (Å²) in [6.45, 7) is 3.68. The number of ether oxygens (including phenoxy) is 3. The number of amides is 1. The van der Waals surface area contributed by atoms with E-state index in [1.807, 2.05) is 24.3 Å². The van der Waals surface area contributed by atoms with Crippen molar-refractivity contribution < 1.29 is 23.8 Å². The highest BCUT2D eigenvalue weighted by Gasteiger charge is 2.32. The summed E-state index contributed by atoms with van der Waals surface area (Å²) >= 11 is 18.3. The highest BCUT2D eigenvalue weighted by molar-refractivity contribution is 9.11. The molecule has 0 fully saturated rings. The van der Waals surface area contributed by atoms with Gasteiger partial charge in [0.15, 0.2) is 11.7 Å². The predicted octanol–water partition coefficient (Wildman–Crippen LogP) is 6.33. The summed E-state index contributed by atoms with van der Waals surface area (Å²) in [6, 6.07) is 17.5. The smallest absolute Gasteiger partial charge is 0.338 e. The summed E-state index contributed by atoms with van der Waals surface area (Å²) in [6.07, 6.45) is 1.48. The number of rotatable bonds is 11. The molecule has 0 bridgehead atoms. The zero-order chi connectivity index (χ0) is 30.9. The number of para-hydroxylation sites is 1. The van der Waals surface area contributed by atoms with Crippen molar-refractivity contribution in [3.63, 3.8) is 0 Å². The van der Waals surface area contributed by atoms with Gasteiger partial charge in [0, 0.05) is 26.3 Å². The number of hydrogen-bond donors (Lipinski definition) is 3. The maximum atomic E-state index is 12.8. The highest BCUT2D eigenvalue weighted by Crippen LogP contribution is 2.34.